The zero-order chi connectivity index (χ0) is 19.3. The van der Waals surface area contributed by atoms with Crippen molar-refractivity contribution < 1.29 is 22.7 Å². The molecule has 2 N–H and O–H groups in total. The highest BCUT2D eigenvalue weighted by molar-refractivity contribution is 7.92. The zero-order valence-corrected chi connectivity index (χ0v) is 15.5. The average Bonchev–Trinajstić information content (AvgIpc) is 2.55. The van der Waals surface area contributed by atoms with Crippen LogP contribution in [0.25, 0.3) is 0 Å². The summed E-state index contributed by atoms with van der Waals surface area (Å²) in [7, 11) is -3.44. The Morgan fingerprint density at radius 2 is 1.81 bits per heavy atom. The normalized spacial score (nSPS) is 10.9. The molecule has 0 saturated heterocycles. The highest BCUT2D eigenvalue weighted by Gasteiger charge is 2.15. The maximum absolute atomic E-state index is 12.5. The Morgan fingerprint density at radius 3 is 2.46 bits per heavy atom. The van der Waals surface area contributed by atoms with Crippen LogP contribution >= 0.6 is 0 Å². The van der Waals surface area contributed by atoms with Gasteiger partial charge in [0.05, 0.1) is 18.4 Å². The molecule has 1 amide bonds. The summed E-state index contributed by atoms with van der Waals surface area (Å²) in [5.41, 5.74) is 2.00. The Balaban J connectivity index is 2.24. The lowest BCUT2D eigenvalue weighted by Gasteiger charge is -2.12. The summed E-state index contributed by atoms with van der Waals surface area (Å²) in [5, 5.41) is 2.73. The number of hydrogen-bond donors (Lipinski definition) is 2. The third kappa shape index (κ3) is 5.06. The monoisotopic (exact) mass is 376 g/mol. The number of anilines is 2. The van der Waals surface area contributed by atoms with Crippen LogP contribution in [0.1, 0.15) is 33.2 Å². The fraction of sp³-hybridized carbons (Fsp3) is 0.222. The first-order chi connectivity index (χ1) is 12.2. The molecule has 0 aliphatic carbocycles. The Hall–Kier alpha value is -2.87. The SMILES string of the molecule is CCOC(=O)c1cccc(NC(=O)c2cccc(NS(C)(=O)=O)c2)c1C. The summed E-state index contributed by atoms with van der Waals surface area (Å²) in [6.07, 6.45) is 1.03. The van der Waals surface area contributed by atoms with Gasteiger partial charge in [-0.3, -0.25) is 9.52 Å². The van der Waals surface area contributed by atoms with Crippen LogP contribution in [0.3, 0.4) is 0 Å². The van der Waals surface area contributed by atoms with Gasteiger partial charge in [-0.05, 0) is 49.7 Å². The van der Waals surface area contributed by atoms with Gasteiger partial charge < -0.3 is 10.1 Å². The molecular formula is C18H20N2O5S. The lowest BCUT2D eigenvalue weighted by Crippen LogP contribution is -2.15. The van der Waals surface area contributed by atoms with Crippen molar-refractivity contribution in [3.63, 3.8) is 0 Å². The van der Waals surface area contributed by atoms with Crippen molar-refractivity contribution in [2.24, 2.45) is 0 Å². The van der Waals surface area contributed by atoms with E-state index in [9.17, 15) is 18.0 Å². The van der Waals surface area contributed by atoms with E-state index in [1.54, 1.807) is 50.2 Å². The van der Waals surface area contributed by atoms with Gasteiger partial charge in [0.1, 0.15) is 0 Å². The number of carbonyl (C=O) groups excluding carboxylic acids is 2. The topological polar surface area (TPSA) is 102 Å². The summed E-state index contributed by atoms with van der Waals surface area (Å²) >= 11 is 0. The second kappa shape index (κ2) is 8.01. The molecule has 0 aliphatic rings. The van der Waals surface area contributed by atoms with Crippen LogP contribution in [0.4, 0.5) is 11.4 Å². The minimum Gasteiger partial charge on any atom is -0.462 e. The smallest absolute Gasteiger partial charge is 0.338 e. The molecule has 7 nitrogen and oxygen atoms in total. The number of esters is 1. The predicted molar refractivity (Wildman–Crippen MR) is 100.0 cm³/mol. The molecule has 0 aliphatic heterocycles. The highest BCUT2D eigenvalue weighted by Crippen LogP contribution is 2.21. The Kier molecular flexibility index (Phi) is 5.99. The fourth-order valence-corrected chi connectivity index (χ4v) is 2.89. The molecule has 0 bridgehead atoms. The minimum atomic E-state index is -3.44. The molecule has 2 aromatic rings. The van der Waals surface area contributed by atoms with Crippen molar-refractivity contribution in [3.05, 3.63) is 59.2 Å². The quantitative estimate of drug-likeness (QED) is 0.755. The molecule has 2 aromatic carbocycles. The standard InChI is InChI=1S/C18H20N2O5S/c1-4-25-18(22)15-9-6-10-16(12(15)2)19-17(21)13-7-5-8-14(11-13)20-26(3,23)24/h5-11,20H,4H2,1-3H3,(H,19,21). The van der Waals surface area contributed by atoms with E-state index >= 15 is 0 Å². The lowest BCUT2D eigenvalue weighted by molar-refractivity contribution is 0.0525. The summed E-state index contributed by atoms with van der Waals surface area (Å²) in [6.45, 7) is 3.69. The van der Waals surface area contributed by atoms with Crippen molar-refractivity contribution in [3.8, 4) is 0 Å². The third-order valence-corrected chi connectivity index (χ3v) is 4.11. The first-order valence-corrected chi connectivity index (χ1v) is 9.76. The maximum Gasteiger partial charge on any atom is 0.338 e. The summed E-state index contributed by atoms with van der Waals surface area (Å²) in [6, 6.07) is 11.1. The van der Waals surface area contributed by atoms with Crippen molar-refractivity contribution in [1.82, 2.24) is 0 Å². The van der Waals surface area contributed by atoms with Crippen molar-refractivity contribution in [1.29, 1.82) is 0 Å². The van der Waals surface area contributed by atoms with E-state index in [0.717, 1.165) is 6.26 Å². The minimum absolute atomic E-state index is 0.259. The Labute approximate surface area is 152 Å². The van der Waals surface area contributed by atoms with Gasteiger partial charge in [-0.2, -0.15) is 0 Å². The molecule has 0 saturated carbocycles. The molecule has 0 unspecified atom stereocenters. The van der Waals surface area contributed by atoms with Gasteiger partial charge >= 0.3 is 5.97 Å². The van der Waals surface area contributed by atoms with Crippen molar-refractivity contribution in [2.75, 3.05) is 22.9 Å². The first-order valence-electron chi connectivity index (χ1n) is 7.87. The number of rotatable bonds is 6. The van der Waals surface area contributed by atoms with Crippen LogP contribution in [0, 0.1) is 6.92 Å². The molecule has 26 heavy (non-hydrogen) atoms. The predicted octanol–water partition coefficient (Wildman–Crippen LogP) is 2.80. The Bertz CT molecular complexity index is 938. The lowest BCUT2D eigenvalue weighted by atomic mass is 10.1. The fourth-order valence-electron chi connectivity index (χ4n) is 2.33. The Morgan fingerprint density at radius 1 is 1.12 bits per heavy atom. The molecule has 0 spiro atoms. The van der Waals surface area contributed by atoms with Crippen LogP contribution in [-0.4, -0.2) is 33.2 Å². The zero-order valence-electron chi connectivity index (χ0n) is 14.7. The van der Waals surface area contributed by atoms with Gasteiger partial charge in [0, 0.05) is 16.9 Å². The van der Waals surface area contributed by atoms with E-state index in [0.29, 0.717) is 16.8 Å². The van der Waals surface area contributed by atoms with Crippen molar-refractivity contribution in [2.45, 2.75) is 13.8 Å². The van der Waals surface area contributed by atoms with Crippen LogP contribution in [0.5, 0.6) is 0 Å². The number of hydrogen-bond acceptors (Lipinski definition) is 5. The first kappa shape index (κ1) is 19.5. The van der Waals surface area contributed by atoms with Crippen LogP contribution in [0.2, 0.25) is 0 Å². The number of carbonyl (C=O) groups is 2. The van der Waals surface area contributed by atoms with E-state index < -0.39 is 21.9 Å². The molecule has 0 radical (unpaired) electrons. The van der Waals surface area contributed by atoms with Crippen LogP contribution in [-0.2, 0) is 14.8 Å². The van der Waals surface area contributed by atoms with Gasteiger partial charge in [0.25, 0.3) is 5.91 Å². The van der Waals surface area contributed by atoms with Crippen LogP contribution in [0.15, 0.2) is 42.5 Å². The number of ether oxygens (including phenoxy) is 1. The van der Waals surface area contributed by atoms with Crippen molar-refractivity contribution >= 4 is 33.3 Å². The number of sulfonamides is 1. The summed E-state index contributed by atoms with van der Waals surface area (Å²) in [4.78, 5) is 24.4. The maximum atomic E-state index is 12.5. The summed E-state index contributed by atoms with van der Waals surface area (Å²) < 4.78 is 30.0. The molecule has 0 atom stereocenters. The third-order valence-electron chi connectivity index (χ3n) is 3.51. The van der Waals surface area contributed by atoms with Gasteiger partial charge in [0.15, 0.2) is 0 Å². The highest BCUT2D eigenvalue weighted by atomic mass is 32.2. The molecule has 138 valence electrons. The second-order valence-corrected chi connectivity index (χ2v) is 7.36. The molecule has 0 heterocycles. The molecule has 2 rings (SSSR count). The van der Waals surface area contributed by atoms with Gasteiger partial charge in [-0.25, -0.2) is 13.2 Å². The number of nitrogens with one attached hydrogen (secondary N) is 2. The van der Waals surface area contributed by atoms with Crippen LogP contribution < -0.4 is 10.0 Å². The van der Waals surface area contributed by atoms with Gasteiger partial charge in [0.2, 0.25) is 10.0 Å². The van der Waals surface area contributed by atoms with E-state index in [-0.39, 0.29) is 17.9 Å². The summed E-state index contributed by atoms with van der Waals surface area (Å²) in [5.74, 6) is -0.883. The second-order valence-electron chi connectivity index (χ2n) is 5.61. The molecule has 0 fully saturated rings. The molecular weight excluding hydrogens is 356 g/mol. The van der Waals surface area contributed by atoms with E-state index in [2.05, 4.69) is 10.0 Å². The number of amides is 1. The van der Waals surface area contributed by atoms with Gasteiger partial charge in [-0.15, -0.1) is 0 Å². The molecule has 8 heteroatoms. The average molecular weight is 376 g/mol. The largest absolute Gasteiger partial charge is 0.462 e. The van der Waals surface area contributed by atoms with E-state index in [1.165, 1.54) is 6.07 Å². The van der Waals surface area contributed by atoms with E-state index in [4.69, 9.17) is 4.74 Å². The molecule has 0 aromatic heterocycles. The van der Waals surface area contributed by atoms with Gasteiger partial charge in [-0.1, -0.05) is 12.1 Å². The van der Waals surface area contributed by atoms with E-state index in [1.807, 2.05) is 0 Å². The number of benzene rings is 2.